The van der Waals surface area contributed by atoms with E-state index in [4.69, 9.17) is 18.1 Å². The highest BCUT2D eigenvalue weighted by atomic mass is 31.2. The second-order valence-electron chi connectivity index (χ2n) is 12.3. The molecule has 0 aromatic rings. The summed E-state index contributed by atoms with van der Waals surface area (Å²) in [5.41, 5.74) is -0.214. The molecule has 4 aliphatic carbocycles. The van der Waals surface area contributed by atoms with E-state index in [1.165, 1.54) is 25.7 Å². The minimum absolute atomic E-state index is 0.0426. The molecular weight excluding hydrogens is 506 g/mol. The Morgan fingerprint density at radius 3 is 1.22 bits per heavy atom. The van der Waals surface area contributed by atoms with Gasteiger partial charge in [0, 0.05) is 0 Å². The maximum absolute atomic E-state index is 14.3. The Kier molecular flexibility index (Phi) is 12.5. The number of hydrogen-bond donors (Lipinski definition) is 0. The predicted molar refractivity (Wildman–Crippen MR) is 151 cm³/mol. The van der Waals surface area contributed by atoms with Gasteiger partial charge in [0.05, 0.1) is 36.2 Å². The van der Waals surface area contributed by atoms with Crippen LogP contribution in [0, 0.1) is 0 Å². The summed E-state index contributed by atoms with van der Waals surface area (Å²) in [6, 6.07) is 0. The lowest BCUT2D eigenvalue weighted by Gasteiger charge is -2.34. The van der Waals surface area contributed by atoms with Crippen LogP contribution in [-0.4, -0.2) is 36.2 Å². The highest BCUT2D eigenvalue weighted by molar-refractivity contribution is 7.54. The molecule has 0 N–H and O–H groups in total. The van der Waals surface area contributed by atoms with Gasteiger partial charge in [-0.15, -0.1) is 0 Å². The van der Waals surface area contributed by atoms with Gasteiger partial charge < -0.3 is 18.1 Å². The molecule has 6 nitrogen and oxygen atoms in total. The third-order valence-corrected chi connectivity index (χ3v) is 13.6. The zero-order chi connectivity index (χ0) is 26.0. The molecule has 216 valence electrons. The summed E-state index contributed by atoms with van der Waals surface area (Å²) < 4.78 is 53.6. The predicted octanol–water partition coefficient (Wildman–Crippen LogP) is 9.94. The molecule has 4 saturated carbocycles. The fourth-order valence-corrected chi connectivity index (χ4v) is 11.0. The van der Waals surface area contributed by atoms with Crippen molar-refractivity contribution in [2.24, 2.45) is 0 Å². The van der Waals surface area contributed by atoms with Crippen molar-refractivity contribution in [3.8, 4) is 0 Å². The van der Waals surface area contributed by atoms with E-state index < -0.39 is 15.2 Å². The highest BCUT2D eigenvalue weighted by Gasteiger charge is 2.39. The van der Waals surface area contributed by atoms with Crippen LogP contribution in [-0.2, 0) is 27.2 Å². The van der Waals surface area contributed by atoms with E-state index in [0.29, 0.717) is 19.0 Å². The summed E-state index contributed by atoms with van der Waals surface area (Å²) in [5, 5.41) is 0. The summed E-state index contributed by atoms with van der Waals surface area (Å²) in [6.45, 7) is 2.02. The molecule has 0 aromatic heterocycles. The van der Waals surface area contributed by atoms with Crippen molar-refractivity contribution in [1.82, 2.24) is 0 Å². The van der Waals surface area contributed by atoms with E-state index in [0.717, 1.165) is 103 Å². The second kappa shape index (κ2) is 15.3. The van der Waals surface area contributed by atoms with Crippen LogP contribution in [0.3, 0.4) is 0 Å². The fraction of sp³-hybridized carbons (Fsp3) is 1.00. The molecule has 1 atom stereocenters. The molecule has 0 aliphatic heterocycles. The molecule has 0 radical (unpaired) electrons. The monoisotopic (exact) mass is 560 g/mol. The summed E-state index contributed by atoms with van der Waals surface area (Å²) >= 11 is 0. The fourth-order valence-electron chi connectivity index (χ4n) is 6.65. The van der Waals surface area contributed by atoms with E-state index in [9.17, 15) is 9.13 Å². The molecule has 0 heterocycles. The highest BCUT2D eigenvalue weighted by Crippen LogP contribution is 2.60. The van der Waals surface area contributed by atoms with Crippen LogP contribution in [0.2, 0.25) is 0 Å². The van der Waals surface area contributed by atoms with Crippen LogP contribution >= 0.6 is 15.2 Å². The molecule has 1 unspecified atom stereocenters. The minimum Gasteiger partial charge on any atom is -0.305 e. The summed E-state index contributed by atoms with van der Waals surface area (Å²) in [6.07, 6.45) is 23.8. The lowest BCUT2D eigenvalue weighted by Crippen LogP contribution is -2.24. The van der Waals surface area contributed by atoms with E-state index in [1.54, 1.807) is 0 Å². The Hall–Kier alpha value is 0.300. The SMILES string of the molecule is CC(CCCP(=O)(OC1CCCCC1)OC1CCCCC1)P(=O)(OC1CCCCC1)OC1CCCCC1. The van der Waals surface area contributed by atoms with Gasteiger partial charge in [-0.1, -0.05) is 84.0 Å². The largest absolute Gasteiger partial charge is 0.333 e. The molecule has 8 heteroatoms. The first-order valence-corrected chi connectivity index (χ1v) is 19.2. The molecule has 4 rings (SSSR count). The van der Waals surface area contributed by atoms with Crippen LogP contribution < -0.4 is 0 Å². The molecule has 4 aliphatic rings. The van der Waals surface area contributed by atoms with Crippen molar-refractivity contribution >= 4 is 15.2 Å². The van der Waals surface area contributed by atoms with Crippen molar-refractivity contribution in [3.63, 3.8) is 0 Å². The van der Waals surface area contributed by atoms with E-state index in [2.05, 4.69) is 0 Å². The third kappa shape index (κ3) is 10.0. The molecule has 4 fully saturated rings. The van der Waals surface area contributed by atoms with Crippen molar-refractivity contribution < 1.29 is 27.2 Å². The first-order chi connectivity index (χ1) is 17.9. The Bertz CT molecular complexity index is 689. The van der Waals surface area contributed by atoms with Crippen molar-refractivity contribution in [2.75, 3.05) is 6.16 Å². The maximum atomic E-state index is 14.3. The topological polar surface area (TPSA) is 71.1 Å². The number of rotatable bonds is 13. The van der Waals surface area contributed by atoms with Gasteiger partial charge in [0.25, 0.3) is 0 Å². The smallest absolute Gasteiger partial charge is 0.305 e. The first kappa shape index (κ1) is 30.3. The van der Waals surface area contributed by atoms with Gasteiger partial charge in [0.15, 0.2) is 0 Å². The minimum atomic E-state index is -3.27. The lowest BCUT2D eigenvalue weighted by molar-refractivity contribution is 0.0737. The van der Waals surface area contributed by atoms with E-state index in [1.807, 2.05) is 6.92 Å². The average Bonchev–Trinajstić information content (AvgIpc) is 2.91. The molecule has 0 amide bonds. The summed E-state index contributed by atoms with van der Waals surface area (Å²) in [4.78, 5) is 0. The number of hydrogen-bond acceptors (Lipinski definition) is 6. The van der Waals surface area contributed by atoms with E-state index >= 15 is 0 Å². The molecular formula is C29H54O6P2. The van der Waals surface area contributed by atoms with Gasteiger partial charge in [0.2, 0.25) is 0 Å². The van der Waals surface area contributed by atoms with Gasteiger partial charge in [-0.25, -0.2) is 0 Å². The van der Waals surface area contributed by atoms with Crippen molar-refractivity contribution in [3.05, 3.63) is 0 Å². The van der Waals surface area contributed by atoms with Gasteiger partial charge in [0.1, 0.15) is 0 Å². The van der Waals surface area contributed by atoms with Crippen molar-refractivity contribution in [2.45, 2.75) is 178 Å². The Morgan fingerprint density at radius 2 is 0.865 bits per heavy atom. The van der Waals surface area contributed by atoms with Gasteiger partial charge in [-0.2, -0.15) is 0 Å². The van der Waals surface area contributed by atoms with Crippen molar-refractivity contribution in [1.29, 1.82) is 0 Å². The second-order valence-corrected chi connectivity index (χ2v) is 16.8. The quantitative estimate of drug-likeness (QED) is 0.209. The first-order valence-electron chi connectivity index (χ1n) is 15.9. The molecule has 0 saturated heterocycles. The third-order valence-electron chi connectivity index (χ3n) is 9.01. The van der Waals surface area contributed by atoms with Crippen LogP contribution in [0.15, 0.2) is 0 Å². The zero-order valence-corrected chi connectivity index (χ0v) is 25.3. The van der Waals surface area contributed by atoms with E-state index in [-0.39, 0.29) is 30.1 Å². The van der Waals surface area contributed by atoms with Crippen LogP contribution in [0.4, 0.5) is 0 Å². The van der Waals surface area contributed by atoms with Gasteiger partial charge in [-0.3, -0.25) is 9.13 Å². The van der Waals surface area contributed by atoms with Crippen LogP contribution in [0.1, 0.15) is 148 Å². The summed E-state index contributed by atoms with van der Waals surface area (Å²) in [5.74, 6) is 0. The zero-order valence-electron chi connectivity index (χ0n) is 23.5. The Labute approximate surface area is 226 Å². The Morgan fingerprint density at radius 1 is 0.541 bits per heavy atom. The maximum Gasteiger partial charge on any atom is 0.333 e. The molecule has 37 heavy (non-hydrogen) atoms. The summed E-state index contributed by atoms with van der Waals surface area (Å²) in [7, 11) is -6.48. The normalized spacial score (nSPS) is 25.3. The molecule has 0 aromatic carbocycles. The van der Waals surface area contributed by atoms with Crippen LogP contribution in [0.25, 0.3) is 0 Å². The Balaban J connectivity index is 1.36. The standard InChI is InChI=1S/C29H54O6P2/c1-25(37(31,34-28-20-10-4-11-21-28)35-29-22-12-5-13-23-29)15-14-24-36(30,32-26-16-6-2-7-17-26)33-27-18-8-3-9-19-27/h25-29H,2-24H2,1H3. The van der Waals surface area contributed by atoms with Crippen LogP contribution in [0.5, 0.6) is 0 Å². The molecule has 0 spiro atoms. The van der Waals surface area contributed by atoms with Gasteiger partial charge in [-0.05, 0) is 64.2 Å². The molecule has 0 bridgehead atoms. The average molecular weight is 561 g/mol. The lowest BCUT2D eigenvalue weighted by atomic mass is 9.98. The van der Waals surface area contributed by atoms with Gasteiger partial charge >= 0.3 is 15.2 Å².